The molecule has 2 saturated heterocycles. The van der Waals surface area contributed by atoms with E-state index in [2.05, 4.69) is 14.8 Å². The van der Waals surface area contributed by atoms with E-state index >= 15 is 0 Å². The van der Waals surface area contributed by atoms with Crippen molar-refractivity contribution in [2.24, 2.45) is 5.73 Å². The summed E-state index contributed by atoms with van der Waals surface area (Å²) < 4.78 is 35.8. The SMILES string of the molecule is CCOC1[C@@H](NC(=O)CN2CCCC[C@H](NS(=O)(=O)Nc3ccccc3)C2=O)CCCN1C(=N)N. The molecule has 35 heavy (non-hydrogen) atoms. The summed E-state index contributed by atoms with van der Waals surface area (Å²) in [6.45, 7) is 2.95. The van der Waals surface area contributed by atoms with Crippen molar-refractivity contribution in [1.29, 1.82) is 5.41 Å². The maximum absolute atomic E-state index is 13.1. The number of benzene rings is 1. The van der Waals surface area contributed by atoms with Crippen LogP contribution in [0.2, 0.25) is 0 Å². The Kier molecular flexibility index (Phi) is 9.29. The second-order valence-corrected chi connectivity index (χ2v) is 10.1. The molecule has 2 amide bonds. The molecule has 6 N–H and O–H groups in total. The number of amides is 2. The quantitative estimate of drug-likeness (QED) is 0.233. The van der Waals surface area contributed by atoms with Gasteiger partial charge < -0.3 is 25.6 Å². The fraction of sp³-hybridized carbons (Fsp3) is 0.591. The van der Waals surface area contributed by atoms with Crippen LogP contribution >= 0.6 is 0 Å². The number of hydrogen-bond acceptors (Lipinski definition) is 6. The van der Waals surface area contributed by atoms with Gasteiger partial charge in [-0.15, -0.1) is 0 Å². The minimum atomic E-state index is -3.99. The van der Waals surface area contributed by atoms with Gasteiger partial charge in [-0.25, -0.2) is 0 Å². The lowest BCUT2D eigenvalue weighted by molar-refractivity contribution is -0.138. The lowest BCUT2D eigenvalue weighted by Crippen LogP contribution is -2.60. The first kappa shape index (κ1) is 26.7. The Morgan fingerprint density at radius 1 is 1.17 bits per heavy atom. The third-order valence-electron chi connectivity index (χ3n) is 6.00. The van der Waals surface area contributed by atoms with Crippen LogP contribution in [0.1, 0.15) is 39.0 Å². The number of ether oxygens (including phenoxy) is 1. The number of nitrogens with one attached hydrogen (secondary N) is 4. The van der Waals surface area contributed by atoms with Crippen LogP contribution in [-0.4, -0.2) is 80.5 Å². The van der Waals surface area contributed by atoms with E-state index in [0.717, 1.165) is 6.42 Å². The second kappa shape index (κ2) is 12.2. The Hall–Kier alpha value is -2.90. The predicted molar refractivity (Wildman–Crippen MR) is 132 cm³/mol. The summed E-state index contributed by atoms with van der Waals surface area (Å²) in [7, 11) is -3.99. The lowest BCUT2D eigenvalue weighted by Gasteiger charge is -2.41. The monoisotopic (exact) mass is 509 g/mol. The van der Waals surface area contributed by atoms with Crippen molar-refractivity contribution in [3.63, 3.8) is 0 Å². The average Bonchev–Trinajstić information content (AvgIpc) is 2.96. The molecule has 0 saturated carbocycles. The molecule has 0 bridgehead atoms. The minimum absolute atomic E-state index is 0.121. The number of anilines is 1. The van der Waals surface area contributed by atoms with E-state index in [1.807, 2.05) is 6.92 Å². The fourth-order valence-electron chi connectivity index (χ4n) is 4.42. The van der Waals surface area contributed by atoms with Crippen molar-refractivity contribution >= 4 is 33.7 Å². The van der Waals surface area contributed by atoms with E-state index < -0.39 is 28.4 Å². The van der Waals surface area contributed by atoms with E-state index in [1.165, 1.54) is 4.90 Å². The first-order chi connectivity index (χ1) is 16.7. The highest BCUT2D eigenvalue weighted by Gasteiger charge is 2.35. The highest BCUT2D eigenvalue weighted by atomic mass is 32.2. The molecule has 2 aliphatic rings. The van der Waals surface area contributed by atoms with Crippen molar-refractivity contribution in [2.45, 2.75) is 57.3 Å². The summed E-state index contributed by atoms with van der Waals surface area (Å²) in [4.78, 5) is 29.0. The van der Waals surface area contributed by atoms with Crippen LogP contribution in [0.25, 0.3) is 0 Å². The van der Waals surface area contributed by atoms with Gasteiger partial charge in [-0.2, -0.15) is 13.1 Å². The number of rotatable bonds is 9. The highest BCUT2D eigenvalue weighted by molar-refractivity contribution is 7.90. The van der Waals surface area contributed by atoms with Gasteiger partial charge in [-0.1, -0.05) is 18.2 Å². The maximum atomic E-state index is 13.1. The van der Waals surface area contributed by atoms with Crippen LogP contribution in [0.4, 0.5) is 5.69 Å². The molecule has 3 rings (SSSR count). The van der Waals surface area contributed by atoms with E-state index in [0.29, 0.717) is 51.1 Å². The molecule has 0 aliphatic carbocycles. The smallest absolute Gasteiger partial charge is 0.299 e. The summed E-state index contributed by atoms with van der Waals surface area (Å²) in [5.74, 6) is -0.930. The largest absolute Gasteiger partial charge is 0.370 e. The molecule has 0 aromatic heterocycles. The van der Waals surface area contributed by atoms with Crippen molar-refractivity contribution in [2.75, 3.05) is 31.0 Å². The molecule has 0 radical (unpaired) electrons. The van der Waals surface area contributed by atoms with E-state index in [1.54, 1.807) is 35.2 Å². The summed E-state index contributed by atoms with van der Waals surface area (Å²) in [6, 6.07) is 7.04. The first-order valence-corrected chi connectivity index (χ1v) is 13.3. The Labute approximate surface area is 206 Å². The molecule has 194 valence electrons. The number of hydrogen-bond donors (Lipinski definition) is 5. The molecular weight excluding hydrogens is 474 g/mol. The number of carbonyl (C=O) groups is 2. The topological polar surface area (TPSA) is 170 Å². The van der Waals surface area contributed by atoms with Crippen LogP contribution < -0.4 is 20.5 Å². The number of likely N-dealkylation sites (tertiary alicyclic amines) is 2. The standard InChI is InChI=1S/C22H35N7O5S/c1-2-34-21-18(12-8-14-29(21)22(23)24)25-19(30)15-28-13-7-6-11-17(20(28)31)27-35(32,33)26-16-9-4-3-5-10-16/h3-5,9-10,17-18,21,26-27H,2,6-8,11-15H2,1H3,(H3,23,24)(H,25,30)/t17-,18-,21?/m0/s1. The second-order valence-electron chi connectivity index (χ2n) is 8.64. The number of nitrogens with two attached hydrogens (primary N) is 1. The molecule has 3 atom stereocenters. The Bertz CT molecular complexity index is 991. The molecule has 2 aliphatic heterocycles. The van der Waals surface area contributed by atoms with Gasteiger partial charge in [0.25, 0.3) is 10.2 Å². The van der Waals surface area contributed by atoms with Crippen molar-refractivity contribution in [3.05, 3.63) is 30.3 Å². The van der Waals surface area contributed by atoms with E-state index in [4.69, 9.17) is 15.9 Å². The zero-order valence-corrected chi connectivity index (χ0v) is 20.7. The molecule has 0 spiro atoms. The number of nitrogens with zero attached hydrogens (tertiary/aromatic N) is 2. The van der Waals surface area contributed by atoms with Gasteiger partial charge in [0.05, 0.1) is 12.6 Å². The van der Waals surface area contributed by atoms with Crippen molar-refractivity contribution in [1.82, 2.24) is 19.8 Å². The molecule has 2 fully saturated rings. The summed E-state index contributed by atoms with van der Waals surface area (Å²) in [5, 5.41) is 10.7. The third-order valence-corrected chi connectivity index (χ3v) is 7.10. The predicted octanol–water partition coefficient (Wildman–Crippen LogP) is 0.151. The van der Waals surface area contributed by atoms with Gasteiger partial charge in [0.15, 0.2) is 12.2 Å². The van der Waals surface area contributed by atoms with Crippen LogP contribution in [-0.2, 0) is 24.5 Å². The Morgan fingerprint density at radius 3 is 2.60 bits per heavy atom. The van der Waals surface area contributed by atoms with Gasteiger partial charge in [-0.05, 0) is 51.2 Å². The van der Waals surface area contributed by atoms with Gasteiger partial charge in [0, 0.05) is 25.4 Å². The minimum Gasteiger partial charge on any atom is -0.370 e. The average molecular weight is 510 g/mol. The zero-order chi connectivity index (χ0) is 25.4. The molecule has 12 nitrogen and oxygen atoms in total. The molecule has 1 aromatic rings. The number of para-hydroxylation sites is 1. The first-order valence-electron chi connectivity index (χ1n) is 11.9. The Balaban J connectivity index is 1.62. The molecular formula is C22H35N7O5S. The van der Waals surface area contributed by atoms with E-state index in [-0.39, 0.29) is 24.5 Å². The number of carbonyl (C=O) groups excluding carboxylic acids is 2. The lowest BCUT2D eigenvalue weighted by atomic mass is 10.0. The maximum Gasteiger partial charge on any atom is 0.299 e. The fourth-order valence-corrected chi connectivity index (χ4v) is 5.52. The number of piperidine rings is 1. The summed E-state index contributed by atoms with van der Waals surface area (Å²) >= 11 is 0. The van der Waals surface area contributed by atoms with Gasteiger partial charge in [0.2, 0.25) is 11.8 Å². The molecule has 13 heteroatoms. The van der Waals surface area contributed by atoms with Gasteiger partial charge >= 0.3 is 0 Å². The van der Waals surface area contributed by atoms with Crippen molar-refractivity contribution < 1.29 is 22.7 Å². The molecule has 1 aromatic carbocycles. The molecule has 1 unspecified atom stereocenters. The van der Waals surface area contributed by atoms with Gasteiger partial charge in [0.1, 0.15) is 6.04 Å². The van der Waals surface area contributed by atoms with Crippen LogP contribution in [0.3, 0.4) is 0 Å². The zero-order valence-electron chi connectivity index (χ0n) is 19.9. The van der Waals surface area contributed by atoms with Crippen LogP contribution in [0, 0.1) is 5.41 Å². The Morgan fingerprint density at radius 2 is 1.91 bits per heavy atom. The van der Waals surface area contributed by atoms with Crippen molar-refractivity contribution in [3.8, 4) is 0 Å². The normalized spacial score (nSPS) is 23.5. The summed E-state index contributed by atoms with van der Waals surface area (Å²) in [5.41, 5.74) is 6.07. The molecule has 2 heterocycles. The van der Waals surface area contributed by atoms with Crippen LogP contribution in [0.15, 0.2) is 30.3 Å². The summed E-state index contributed by atoms with van der Waals surface area (Å²) in [6.07, 6.45) is 2.47. The third kappa shape index (κ3) is 7.54. The number of guanidine groups is 1. The van der Waals surface area contributed by atoms with Gasteiger partial charge in [-0.3, -0.25) is 19.7 Å². The van der Waals surface area contributed by atoms with E-state index in [9.17, 15) is 18.0 Å². The van der Waals surface area contributed by atoms with Crippen LogP contribution in [0.5, 0.6) is 0 Å². The highest BCUT2D eigenvalue weighted by Crippen LogP contribution is 2.19.